The number of hydrogen-bond acceptors (Lipinski definition) is 13. The van der Waals surface area contributed by atoms with Crippen molar-refractivity contribution in [3.63, 3.8) is 0 Å². The van der Waals surface area contributed by atoms with E-state index in [1.54, 1.807) is 13.0 Å². The Balaban J connectivity index is 3.32. The van der Waals surface area contributed by atoms with Gasteiger partial charge in [-0.3, -0.25) is 9.79 Å². The van der Waals surface area contributed by atoms with Gasteiger partial charge in [-0.2, -0.15) is 0 Å². The fourth-order valence-corrected chi connectivity index (χ4v) is 8.89. The molecule has 376 valence electrons. The van der Waals surface area contributed by atoms with Crippen LogP contribution in [0.15, 0.2) is 28.3 Å². The minimum absolute atomic E-state index is 0.0148. The molecule has 0 radical (unpaired) electrons. The van der Waals surface area contributed by atoms with E-state index in [4.69, 9.17) is 16.2 Å². The van der Waals surface area contributed by atoms with Crippen LogP contribution in [0.5, 0.6) is 0 Å². The van der Waals surface area contributed by atoms with Gasteiger partial charge in [-0.05, 0) is 128 Å². The van der Waals surface area contributed by atoms with Gasteiger partial charge >= 0.3 is 5.97 Å². The molecule has 15 unspecified atom stereocenters. The molecule has 0 aliphatic carbocycles. The van der Waals surface area contributed by atoms with Gasteiger partial charge in [0.1, 0.15) is 6.10 Å². The molecular weight excluding hydrogens is 823 g/mol. The van der Waals surface area contributed by atoms with E-state index in [1.165, 1.54) is 0 Å². The van der Waals surface area contributed by atoms with Gasteiger partial charge in [0.15, 0.2) is 5.96 Å². The Morgan fingerprint density at radius 3 is 1.95 bits per heavy atom. The van der Waals surface area contributed by atoms with Gasteiger partial charge in [0.25, 0.3) is 0 Å². The lowest BCUT2D eigenvalue weighted by atomic mass is 9.83. The molecule has 0 fully saturated rings. The van der Waals surface area contributed by atoms with E-state index in [2.05, 4.69) is 11.9 Å². The summed E-state index contributed by atoms with van der Waals surface area (Å²) in [5.41, 5.74) is 12.6. The average molecular weight is 916 g/mol. The van der Waals surface area contributed by atoms with Gasteiger partial charge in [-0.1, -0.05) is 71.1 Å². The normalized spacial score (nSPS) is 34.2. The summed E-state index contributed by atoms with van der Waals surface area (Å²) in [4.78, 5) is 18.2. The molecule has 0 bridgehead atoms. The summed E-state index contributed by atoms with van der Waals surface area (Å²) in [6.07, 6.45) is 2.61. The number of guanidine groups is 1. The Hall–Kier alpha value is -2.18. The lowest BCUT2D eigenvalue weighted by Gasteiger charge is -2.34. The zero-order valence-corrected chi connectivity index (χ0v) is 40.3. The summed E-state index contributed by atoms with van der Waals surface area (Å²) in [7, 11) is 0. The van der Waals surface area contributed by atoms with Gasteiger partial charge in [0.2, 0.25) is 0 Å². The molecule has 15 atom stereocenters. The van der Waals surface area contributed by atoms with Crippen LogP contribution in [-0.2, 0) is 9.53 Å². The summed E-state index contributed by atoms with van der Waals surface area (Å²) in [6, 6.07) is 0. The Morgan fingerprint density at radius 1 is 0.750 bits per heavy atom. The maximum atomic E-state index is 14.2. The number of nitrogens with zero attached hydrogens (tertiary/aromatic N) is 1. The topological polar surface area (TPSA) is 293 Å². The van der Waals surface area contributed by atoms with Crippen LogP contribution in [0.25, 0.3) is 0 Å². The molecule has 0 spiro atoms. The zero-order chi connectivity index (χ0) is 48.4. The number of cyclic esters (lactones) is 1. The average Bonchev–Trinajstić information content (AvgIpc) is 3.21. The number of carbonyl (C=O) groups is 1. The molecule has 0 saturated heterocycles. The van der Waals surface area contributed by atoms with Gasteiger partial charge in [-0.15, -0.1) is 0 Å². The van der Waals surface area contributed by atoms with Crippen LogP contribution in [0.1, 0.15) is 176 Å². The first-order chi connectivity index (χ1) is 30.1. The number of hydrogen-bond donors (Lipinski definition) is 12. The minimum Gasteiger partial charge on any atom is -0.461 e. The SMILES string of the molecule is CCCCCC1C(=O)OC(C(C)C(O)CCCN=C(N)N)C(C)C=C(C)CCCCC(O)CC(O)CC(O)CC(O)CC(O)CC=C(C)C(O)CC(O)CCCC(O)CCC(C)C1O. The van der Waals surface area contributed by atoms with E-state index in [-0.39, 0.29) is 56.3 Å². The first kappa shape index (κ1) is 59.8. The van der Waals surface area contributed by atoms with Crippen LogP contribution in [0.2, 0.25) is 0 Å². The lowest BCUT2D eigenvalue weighted by molar-refractivity contribution is -0.167. The molecule has 1 aliphatic rings. The molecule has 0 saturated carbocycles. The predicted molar refractivity (Wildman–Crippen MR) is 252 cm³/mol. The maximum Gasteiger partial charge on any atom is 0.311 e. The van der Waals surface area contributed by atoms with Gasteiger partial charge in [0.05, 0.1) is 67.0 Å². The highest BCUT2D eigenvalue weighted by molar-refractivity contribution is 5.75. The van der Waals surface area contributed by atoms with Gasteiger partial charge < -0.3 is 67.3 Å². The Bertz CT molecular complexity index is 1330. The second-order valence-electron chi connectivity index (χ2n) is 19.4. The van der Waals surface area contributed by atoms with Crippen molar-refractivity contribution in [3.8, 4) is 0 Å². The van der Waals surface area contributed by atoms with Crippen molar-refractivity contribution >= 4 is 11.9 Å². The highest BCUT2D eigenvalue weighted by atomic mass is 16.5. The quantitative estimate of drug-likeness (QED) is 0.0475. The first-order valence-corrected chi connectivity index (χ1v) is 24.5. The number of aliphatic hydroxyl groups excluding tert-OH is 10. The van der Waals surface area contributed by atoms with E-state index in [0.717, 1.165) is 31.3 Å². The standard InChI is InChI=1S/C49H93N3O12/c1-7-8-9-18-43-46(62)33(4)21-22-36(53)16-12-17-38(55)30-45(61)32(3)20-23-39(56)27-41(58)29-42(59)28-40(57)26-37(54)15-11-10-14-31(2)25-34(5)47(64-48(43)63)35(6)44(60)19-13-24-52-49(50)51/h20,25,33-47,53-62H,7-19,21-24,26-30H2,1-6H3,(H4,50,51,52). The van der Waals surface area contributed by atoms with E-state index in [1.807, 2.05) is 33.8 Å². The number of ether oxygens (including phenoxy) is 1. The lowest BCUT2D eigenvalue weighted by Crippen LogP contribution is -2.42. The van der Waals surface area contributed by atoms with Crippen LogP contribution in [0.3, 0.4) is 0 Å². The Morgan fingerprint density at radius 2 is 1.33 bits per heavy atom. The molecule has 14 N–H and O–H groups in total. The third-order valence-corrected chi connectivity index (χ3v) is 13.1. The second kappa shape index (κ2) is 33.3. The Labute approximate surface area is 385 Å². The van der Waals surface area contributed by atoms with Crippen molar-refractivity contribution in [1.82, 2.24) is 0 Å². The van der Waals surface area contributed by atoms with E-state index < -0.39 is 84.9 Å². The molecule has 0 aromatic carbocycles. The summed E-state index contributed by atoms with van der Waals surface area (Å²) in [6.45, 7) is 11.8. The third-order valence-electron chi connectivity index (χ3n) is 13.1. The number of unbranched alkanes of at least 4 members (excludes halogenated alkanes) is 2. The largest absolute Gasteiger partial charge is 0.461 e. The van der Waals surface area contributed by atoms with E-state index in [0.29, 0.717) is 82.7 Å². The van der Waals surface area contributed by atoms with Crippen molar-refractivity contribution in [3.05, 3.63) is 23.3 Å². The summed E-state index contributed by atoms with van der Waals surface area (Å²) in [5, 5.41) is 108. The fourth-order valence-electron chi connectivity index (χ4n) is 8.89. The van der Waals surface area contributed by atoms with Crippen molar-refractivity contribution in [2.45, 2.75) is 244 Å². The first-order valence-electron chi connectivity index (χ1n) is 24.5. The van der Waals surface area contributed by atoms with E-state index in [9.17, 15) is 55.9 Å². The van der Waals surface area contributed by atoms with Gasteiger partial charge in [0, 0.05) is 24.8 Å². The third kappa shape index (κ3) is 26.2. The summed E-state index contributed by atoms with van der Waals surface area (Å²) in [5.74, 6) is -2.47. The van der Waals surface area contributed by atoms with Crippen LogP contribution in [-0.4, -0.2) is 137 Å². The molecule has 15 heteroatoms. The molecular formula is C49H93N3O12. The highest BCUT2D eigenvalue weighted by Crippen LogP contribution is 2.31. The van der Waals surface area contributed by atoms with Crippen molar-refractivity contribution in [1.29, 1.82) is 0 Å². The minimum atomic E-state index is -1.04. The molecule has 1 heterocycles. The van der Waals surface area contributed by atoms with Crippen LogP contribution >= 0.6 is 0 Å². The highest BCUT2D eigenvalue weighted by Gasteiger charge is 2.37. The predicted octanol–water partition coefficient (Wildman–Crippen LogP) is 4.42. The smallest absolute Gasteiger partial charge is 0.311 e. The number of esters is 1. The summed E-state index contributed by atoms with van der Waals surface area (Å²) >= 11 is 0. The molecule has 1 rings (SSSR count). The number of aliphatic hydroxyl groups is 10. The Kier molecular flexibility index (Phi) is 31.2. The molecule has 0 aromatic rings. The number of rotatable bonds is 10. The van der Waals surface area contributed by atoms with Crippen molar-refractivity contribution in [2.75, 3.05) is 6.54 Å². The molecule has 0 aromatic heterocycles. The molecule has 15 nitrogen and oxygen atoms in total. The number of aliphatic imine (C=N–C) groups is 1. The summed E-state index contributed by atoms with van der Waals surface area (Å²) < 4.78 is 6.35. The molecule has 64 heavy (non-hydrogen) atoms. The fraction of sp³-hybridized carbons (Fsp3) is 0.878. The maximum absolute atomic E-state index is 14.2. The van der Waals surface area contributed by atoms with E-state index >= 15 is 0 Å². The van der Waals surface area contributed by atoms with Crippen LogP contribution in [0, 0.1) is 23.7 Å². The zero-order valence-electron chi connectivity index (χ0n) is 40.3. The van der Waals surface area contributed by atoms with Crippen molar-refractivity contribution < 1.29 is 60.6 Å². The van der Waals surface area contributed by atoms with Crippen LogP contribution < -0.4 is 11.5 Å². The van der Waals surface area contributed by atoms with Crippen molar-refractivity contribution in [2.24, 2.45) is 40.1 Å². The van der Waals surface area contributed by atoms with Crippen LogP contribution in [0.4, 0.5) is 0 Å². The monoisotopic (exact) mass is 916 g/mol. The number of allylic oxidation sites excluding steroid dienone is 1. The molecule has 0 amide bonds. The molecule has 1 aliphatic heterocycles. The van der Waals surface area contributed by atoms with Gasteiger partial charge in [-0.25, -0.2) is 0 Å². The number of nitrogens with two attached hydrogens (primary N) is 2. The number of carbonyl (C=O) groups excluding carboxylic acids is 1. The second-order valence-corrected chi connectivity index (χ2v) is 19.4.